The molecular formula is C19H24N2O2S2. The molecule has 0 atom stereocenters. The second-order valence-corrected chi connectivity index (χ2v) is 8.27. The topological polar surface area (TPSA) is 58.2 Å². The summed E-state index contributed by atoms with van der Waals surface area (Å²) in [5.74, 6) is 0.685. The fourth-order valence-electron chi connectivity index (χ4n) is 2.36. The number of benzene rings is 1. The van der Waals surface area contributed by atoms with Crippen molar-refractivity contribution in [1.29, 1.82) is 0 Å². The van der Waals surface area contributed by atoms with Crippen molar-refractivity contribution < 1.29 is 9.59 Å². The van der Waals surface area contributed by atoms with Crippen LogP contribution in [0.15, 0.2) is 29.2 Å². The first-order valence-corrected chi connectivity index (χ1v) is 10.0. The van der Waals surface area contributed by atoms with E-state index < -0.39 is 0 Å². The average molecular weight is 377 g/mol. The molecule has 2 amide bonds. The van der Waals surface area contributed by atoms with Crippen LogP contribution in [0.3, 0.4) is 0 Å². The summed E-state index contributed by atoms with van der Waals surface area (Å²) in [6, 6.07) is 8.40. The van der Waals surface area contributed by atoms with Crippen LogP contribution in [0.1, 0.15) is 39.2 Å². The Balaban J connectivity index is 1.85. The minimum Gasteiger partial charge on any atom is -0.355 e. The van der Waals surface area contributed by atoms with Crippen LogP contribution in [0.5, 0.6) is 0 Å². The Morgan fingerprint density at radius 3 is 2.44 bits per heavy atom. The maximum atomic E-state index is 12.2. The highest BCUT2D eigenvalue weighted by atomic mass is 32.2. The molecular weight excluding hydrogens is 352 g/mol. The summed E-state index contributed by atoms with van der Waals surface area (Å²) in [6.07, 6.45) is 1.24. The smallest absolute Gasteiger partial charge is 0.254 e. The van der Waals surface area contributed by atoms with Crippen LogP contribution >= 0.6 is 23.1 Å². The Labute approximate surface area is 157 Å². The molecule has 2 aromatic rings. The number of hydrogen-bond donors (Lipinski definition) is 2. The minimum absolute atomic E-state index is 0.0455. The minimum atomic E-state index is -0.160. The van der Waals surface area contributed by atoms with Gasteiger partial charge in [-0.3, -0.25) is 9.59 Å². The molecule has 0 aliphatic carbocycles. The summed E-state index contributed by atoms with van der Waals surface area (Å²) in [5, 5.41) is 6.18. The molecule has 1 heterocycles. The first-order chi connectivity index (χ1) is 11.9. The maximum Gasteiger partial charge on any atom is 0.254 e. The number of nitrogens with one attached hydrogen (secondary N) is 2. The summed E-state index contributed by atoms with van der Waals surface area (Å²) < 4.78 is 0. The van der Waals surface area contributed by atoms with Crippen molar-refractivity contribution in [3.05, 3.63) is 45.8 Å². The van der Waals surface area contributed by atoms with Crippen molar-refractivity contribution in [3.8, 4) is 0 Å². The Bertz CT molecular complexity index is 752. The lowest BCUT2D eigenvalue weighted by Gasteiger charge is -2.07. The maximum absolute atomic E-state index is 12.2. The van der Waals surface area contributed by atoms with Crippen LogP contribution in [0, 0.1) is 20.8 Å². The predicted molar refractivity (Wildman–Crippen MR) is 107 cm³/mol. The molecule has 0 spiro atoms. The van der Waals surface area contributed by atoms with Crippen molar-refractivity contribution in [2.24, 2.45) is 0 Å². The van der Waals surface area contributed by atoms with Crippen molar-refractivity contribution in [3.63, 3.8) is 0 Å². The number of thiophene rings is 1. The van der Waals surface area contributed by atoms with Crippen LogP contribution in [0.25, 0.3) is 0 Å². The molecule has 1 aromatic heterocycles. The molecule has 0 bridgehead atoms. The van der Waals surface area contributed by atoms with E-state index in [1.54, 1.807) is 18.8 Å². The summed E-state index contributed by atoms with van der Waals surface area (Å²) in [4.78, 5) is 26.5. The molecule has 0 aliphatic heterocycles. The van der Waals surface area contributed by atoms with E-state index in [2.05, 4.69) is 41.8 Å². The Morgan fingerprint density at radius 2 is 1.80 bits per heavy atom. The zero-order valence-electron chi connectivity index (χ0n) is 15.1. The molecule has 0 saturated carbocycles. The van der Waals surface area contributed by atoms with Crippen LogP contribution in [0.2, 0.25) is 0 Å². The standard InChI is InChI=1S/C19H24N2O2S2/c1-12-7-9-15(10-8-12)24-11-5-6-16(22)21-19-17(18(23)20-4)13(2)14(3)25-19/h7-10H,5-6,11H2,1-4H3,(H,20,23)(H,21,22). The third-order valence-electron chi connectivity index (χ3n) is 3.93. The van der Waals surface area contributed by atoms with E-state index in [0.29, 0.717) is 17.0 Å². The monoisotopic (exact) mass is 376 g/mol. The molecule has 25 heavy (non-hydrogen) atoms. The number of rotatable bonds is 7. The van der Waals surface area contributed by atoms with Gasteiger partial charge in [0.2, 0.25) is 5.91 Å². The van der Waals surface area contributed by atoms with Gasteiger partial charge in [0.25, 0.3) is 5.91 Å². The number of thioether (sulfide) groups is 1. The fourth-order valence-corrected chi connectivity index (χ4v) is 4.29. The van der Waals surface area contributed by atoms with Gasteiger partial charge in [0.05, 0.1) is 5.56 Å². The first kappa shape index (κ1) is 19.5. The number of anilines is 1. The van der Waals surface area contributed by atoms with E-state index in [0.717, 1.165) is 22.6 Å². The SMILES string of the molecule is CNC(=O)c1c(NC(=O)CCCSc2ccc(C)cc2)sc(C)c1C. The van der Waals surface area contributed by atoms with Gasteiger partial charge in [0.1, 0.15) is 5.00 Å². The molecule has 6 heteroatoms. The largest absolute Gasteiger partial charge is 0.355 e. The molecule has 0 aliphatic rings. The van der Waals surface area contributed by atoms with Gasteiger partial charge < -0.3 is 10.6 Å². The molecule has 0 radical (unpaired) electrons. The van der Waals surface area contributed by atoms with Gasteiger partial charge in [-0.1, -0.05) is 17.7 Å². The molecule has 0 unspecified atom stereocenters. The van der Waals surface area contributed by atoms with Crippen LogP contribution in [0.4, 0.5) is 5.00 Å². The lowest BCUT2D eigenvalue weighted by Crippen LogP contribution is -2.21. The zero-order chi connectivity index (χ0) is 18.4. The van der Waals surface area contributed by atoms with Crippen molar-refractivity contribution >= 4 is 39.9 Å². The normalized spacial score (nSPS) is 10.6. The first-order valence-electron chi connectivity index (χ1n) is 8.23. The molecule has 1 aromatic carbocycles. The van der Waals surface area contributed by atoms with Crippen molar-refractivity contribution in [1.82, 2.24) is 5.32 Å². The van der Waals surface area contributed by atoms with E-state index in [1.807, 2.05) is 13.8 Å². The Kier molecular flexibility index (Phi) is 7.08. The quantitative estimate of drug-likeness (QED) is 0.551. The number of carbonyl (C=O) groups is 2. The summed E-state index contributed by atoms with van der Waals surface area (Å²) in [6.45, 7) is 5.93. The van der Waals surface area contributed by atoms with Gasteiger partial charge in [-0.25, -0.2) is 0 Å². The van der Waals surface area contributed by atoms with Crippen molar-refractivity contribution in [2.75, 3.05) is 18.1 Å². The lowest BCUT2D eigenvalue weighted by atomic mass is 10.1. The van der Waals surface area contributed by atoms with Gasteiger partial charge in [-0.15, -0.1) is 23.1 Å². The average Bonchev–Trinajstić information content (AvgIpc) is 2.86. The molecule has 2 rings (SSSR count). The molecule has 2 N–H and O–H groups in total. The third kappa shape index (κ3) is 5.34. The van der Waals surface area contributed by atoms with Gasteiger partial charge in [0.15, 0.2) is 0 Å². The van der Waals surface area contributed by atoms with E-state index in [4.69, 9.17) is 0 Å². The fraction of sp³-hybridized carbons (Fsp3) is 0.368. The zero-order valence-corrected chi connectivity index (χ0v) is 16.7. The number of carbonyl (C=O) groups excluding carboxylic acids is 2. The molecule has 0 saturated heterocycles. The summed E-state index contributed by atoms with van der Waals surface area (Å²) >= 11 is 3.21. The molecule has 134 valence electrons. The Hall–Kier alpha value is -1.79. The summed E-state index contributed by atoms with van der Waals surface area (Å²) in [5.41, 5.74) is 2.75. The van der Waals surface area contributed by atoms with Gasteiger partial charge in [-0.05, 0) is 50.6 Å². The lowest BCUT2D eigenvalue weighted by molar-refractivity contribution is -0.116. The van der Waals surface area contributed by atoms with E-state index in [9.17, 15) is 9.59 Å². The van der Waals surface area contributed by atoms with Gasteiger partial charge in [-0.2, -0.15) is 0 Å². The second kappa shape index (κ2) is 9.06. The predicted octanol–water partition coefficient (Wildman–Crippen LogP) is 4.54. The van der Waals surface area contributed by atoms with E-state index >= 15 is 0 Å². The number of amides is 2. The number of hydrogen-bond acceptors (Lipinski definition) is 4. The van der Waals surface area contributed by atoms with Crippen molar-refractivity contribution in [2.45, 2.75) is 38.5 Å². The highest BCUT2D eigenvalue weighted by Gasteiger charge is 2.19. The number of aryl methyl sites for hydroxylation is 2. The third-order valence-corrected chi connectivity index (χ3v) is 6.15. The Morgan fingerprint density at radius 1 is 1.12 bits per heavy atom. The second-order valence-electron chi connectivity index (χ2n) is 5.88. The molecule has 4 nitrogen and oxygen atoms in total. The van der Waals surface area contributed by atoms with E-state index in [1.165, 1.54) is 21.8 Å². The van der Waals surface area contributed by atoms with Crippen LogP contribution in [-0.4, -0.2) is 24.6 Å². The van der Waals surface area contributed by atoms with Crippen LogP contribution < -0.4 is 10.6 Å². The highest BCUT2D eigenvalue weighted by Crippen LogP contribution is 2.32. The van der Waals surface area contributed by atoms with Crippen LogP contribution in [-0.2, 0) is 4.79 Å². The summed E-state index contributed by atoms with van der Waals surface area (Å²) in [7, 11) is 1.60. The van der Waals surface area contributed by atoms with E-state index in [-0.39, 0.29) is 11.8 Å². The van der Waals surface area contributed by atoms with Gasteiger partial charge >= 0.3 is 0 Å². The van der Waals surface area contributed by atoms with Gasteiger partial charge in [0, 0.05) is 23.2 Å². The highest BCUT2D eigenvalue weighted by molar-refractivity contribution is 7.99. The molecule has 0 fully saturated rings.